The minimum atomic E-state index is -0.667. The summed E-state index contributed by atoms with van der Waals surface area (Å²) in [4.78, 5) is 26.4. The van der Waals surface area contributed by atoms with Gasteiger partial charge in [-0.3, -0.25) is 19.8 Å². The number of hydrogen-bond acceptors (Lipinski definition) is 3. The highest BCUT2D eigenvalue weighted by molar-refractivity contribution is 6.08. The number of nitro groups is 1. The molecule has 1 aliphatic rings. The highest BCUT2D eigenvalue weighted by Gasteiger charge is 2.48. The summed E-state index contributed by atoms with van der Waals surface area (Å²) in [6, 6.07) is 23.8. The lowest BCUT2D eigenvalue weighted by Crippen LogP contribution is -2.54. The molecule has 0 bridgehead atoms. The molecule has 0 spiro atoms. The summed E-state index contributed by atoms with van der Waals surface area (Å²) < 4.78 is 0. The molecule has 0 radical (unpaired) electrons. The molecule has 0 fully saturated rings. The van der Waals surface area contributed by atoms with Gasteiger partial charge in [0.1, 0.15) is 0 Å². The van der Waals surface area contributed by atoms with E-state index in [0.29, 0.717) is 12.0 Å². The third-order valence-electron chi connectivity index (χ3n) is 6.08. The average molecular weight is 400 g/mol. The van der Waals surface area contributed by atoms with E-state index in [-0.39, 0.29) is 17.0 Å². The van der Waals surface area contributed by atoms with Crippen molar-refractivity contribution in [2.75, 3.05) is 4.90 Å². The van der Waals surface area contributed by atoms with Gasteiger partial charge >= 0.3 is 0 Å². The van der Waals surface area contributed by atoms with Crippen LogP contribution >= 0.6 is 0 Å². The summed E-state index contributed by atoms with van der Waals surface area (Å²) in [5.74, 6) is -0.0839. The van der Waals surface area contributed by atoms with Gasteiger partial charge in [-0.2, -0.15) is 0 Å². The molecule has 30 heavy (non-hydrogen) atoms. The van der Waals surface area contributed by atoms with Gasteiger partial charge in [0, 0.05) is 23.4 Å². The second-order valence-corrected chi connectivity index (χ2v) is 8.66. The van der Waals surface area contributed by atoms with Gasteiger partial charge in [0.2, 0.25) is 0 Å². The first-order valence-corrected chi connectivity index (χ1v) is 9.98. The molecule has 4 rings (SSSR count). The SMILES string of the molecule is CC1(C)CC(C)(c2ccc([N+](=O)[O-])cc2)N(C(=O)c2ccccc2)c2ccccc21. The quantitative estimate of drug-likeness (QED) is 0.410. The normalized spacial score (nSPS) is 19.8. The number of benzene rings is 3. The number of fused-ring (bicyclic) bond motifs is 1. The van der Waals surface area contributed by atoms with Crippen molar-refractivity contribution in [1.82, 2.24) is 0 Å². The maximum Gasteiger partial charge on any atom is 0.269 e. The van der Waals surface area contributed by atoms with E-state index in [1.807, 2.05) is 60.4 Å². The van der Waals surface area contributed by atoms with Crippen LogP contribution in [0.4, 0.5) is 11.4 Å². The zero-order chi connectivity index (χ0) is 21.5. The van der Waals surface area contributed by atoms with Gasteiger partial charge in [0.15, 0.2) is 0 Å². The Morgan fingerprint density at radius 1 is 0.900 bits per heavy atom. The molecule has 1 atom stereocenters. The Morgan fingerprint density at radius 2 is 1.50 bits per heavy atom. The van der Waals surface area contributed by atoms with Crippen LogP contribution in [0.1, 0.15) is 48.7 Å². The highest BCUT2D eigenvalue weighted by atomic mass is 16.6. The predicted octanol–water partition coefficient (Wildman–Crippen LogP) is 5.84. The van der Waals surface area contributed by atoms with E-state index in [0.717, 1.165) is 16.8 Å². The third-order valence-corrected chi connectivity index (χ3v) is 6.08. The number of carbonyl (C=O) groups excluding carboxylic acids is 1. The van der Waals surface area contributed by atoms with Crippen LogP contribution in [-0.2, 0) is 11.0 Å². The lowest BCUT2D eigenvalue weighted by molar-refractivity contribution is -0.384. The molecule has 1 heterocycles. The predicted molar refractivity (Wildman–Crippen MR) is 118 cm³/mol. The number of nitrogens with zero attached hydrogens (tertiary/aromatic N) is 2. The molecule has 5 heteroatoms. The molecule has 0 saturated heterocycles. The Labute approximate surface area is 176 Å². The number of amides is 1. The topological polar surface area (TPSA) is 63.5 Å². The van der Waals surface area contributed by atoms with E-state index in [1.165, 1.54) is 12.1 Å². The summed E-state index contributed by atoms with van der Waals surface area (Å²) >= 11 is 0. The van der Waals surface area contributed by atoms with Crippen molar-refractivity contribution in [2.45, 2.75) is 38.1 Å². The first kappa shape index (κ1) is 19.8. The molecule has 3 aromatic rings. The molecule has 1 aliphatic heterocycles. The van der Waals surface area contributed by atoms with Crippen LogP contribution in [0.5, 0.6) is 0 Å². The molecule has 0 N–H and O–H groups in total. The molecule has 1 unspecified atom stereocenters. The number of carbonyl (C=O) groups is 1. The number of nitro benzene ring substituents is 1. The van der Waals surface area contributed by atoms with E-state index in [9.17, 15) is 14.9 Å². The maximum absolute atomic E-state index is 13.8. The largest absolute Gasteiger partial charge is 0.298 e. The lowest BCUT2D eigenvalue weighted by atomic mass is 9.67. The van der Waals surface area contributed by atoms with Crippen molar-refractivity contribution in [2.24, 2.45) is 0 Å². The van der Waals surface area contributed by atoms with Crippen molar-refractivity contribution < 1.29 is 9.72 Å². The van der Waals surface area contributed by atoms with Gasteiger partial charge in [-0.1, -0.05) is 50.2 Å². The number of rotatable bonds is 3. The summed E-state index contributed by atoms with van der Waals surface area (Å²) in [5, 5.41) is 11.1. The second kappa shape index (κ2) is 7.10. The first-order chi connectivity index (χ1) is 14.2. The van der Waals surface area contributed by atoms with Gasteiger partial charge in [-0.05, 0) is 60.2 Å². The second-order valence-electron chi connectivity index (χ2n) is 8.66. The van der Waals surface area contributed by atoms with Gasteiger partial charge in [-0.15, -0.1) is 0 Å². The zero-order valence-electron chi connectivity index (χ0n) is 17.3. The van der Waals surface area contributed by atoms with E-state index in [1.54, 1.807) is 12.1 Å². The van der Waals surface area contributed by atoms with Gasteiger partial charge in [0.25, 0.3) is 11.6 Å². The molecule has 5 nitrogen and oxygen atoms in total. The van der Waals surface area contributed by atoms with Crippen molar-refractivity contribution in [1.29, 1.82) is 0 Å². The van der Waals surface area contributed by atoms with Crippen LogP contribution in [0.3, 0.4) is 0 Å². The number of anilines is 1. The minimum Gasteiger partial charge on any atom is -0.298 e. The Morgan fingerprint density at radius 3 is 2.13 bits per heavy atom. The van der Waals surface area contributed by atoms with Crippen LogP contribution in [0, 0.1) is 10.1 Å². The Kier molecular flexibility index (Phi) is 4.69. The Hall–Kier alpha value is -3.47. The summed E-state index contributed by atoms with van der Waals surface area (Å²) in [6.45, 7) is 6.41. The standard InChI is InChI=1S/C25H24N2O3/c1-24(2)17-25(3,19-13-15-20(16-14-19)27(29)30)26(22-12-8-7-11-21(22)24)23(28)18-9-5-4-6-10-18/h4-16H,17H2,1-3H3. The fraction of sp³-hybridized carbons (Fsp3) is 0.240. The molecule has 152 valence electrons. The van der Waals surface area contributed by atoms with E-state index in [2.05, 4.69) is 19.9 Å². The number of non-ortho nitro benzene ring substituents is 1. The van der Waals surface area contributed by atoms with Gasteiger partial charge in [-0.25, -0.2) is 0 Å². The van der Waals surface area contributed by atoms with Crippen LogP contribution in [-0.4, -0.2) is 10.8 Å². The molecule has 0 aromatic heterocycles. The van der Waals surface area contributed by atoms with E-state index in [4.69, 9.17) is 0 Å². The molecule has 0 saturated carbocycles. The smallest absolute Gasteiger partial charge is 0.269 e. The monoisotopic (exact) mass is 400 g/mol. The zero-order valence-corrected chi connectivity index (χ0v) is 17.3. The molecular formula is C25H24N2O3. The van der Waals surface area contributed by atoms with Gasteiger partial charge < -0.3 is 0 Å². The van der Waals surface area contributed by atoms with Crippen LogP contribution in [0.2, 0.25) is 0 Å². The van der Waals surface area contributed by atoms with Gasteiger partial charge in [0.05, 0.1) is 10.5 Å². The van der Waals surface area contributed by atoms with Crippen LogP contribution < -0.4 is 4.90 Å². The van der Waals surface area contributed by atoms with E-state index < -0.39 is 10.5 Å². The molecular weight excluding hydrogens is 376 g/mol. The average Bonchev–Trinajstić information content (AvgIpc) is 2.74. The van der Waals surface area contributed by atoms with Crippen molar-refractivity contribution in [3.8, 4) is 0 Å². The molecule has 1 amide bonds. The van der Waals surface area contributed by atoms with Crippen LogP contribution in [0.25, 0.3) is 0 Å². The third kappa shape index (κ3) is 3.16. The van der Waals surface area contributed by atoms with Crippen molar-refractivity contribution >= 4 is 17.3 Å². The highest BCUT2D eigenvalue weighted by Crippen LogP contribution is 2.51. The summed E-state index contributed by atoms with van der Waals surface area (Å²) in [6.07, 6.45) is 0.688. The Balaban J connectivity index is 1.93. The van der Waals surface area contributed by atoms with Crippen LogP contribution in [0.15, 0.2) is 78.9 Å². The van der Waals surface area contributed by atoms with Crippen molar-refractivity contribution in [3.05, 3.63) is 106 Å². The fourth-order valence-electron chi connectivity index (χ4n) is 4.76. The van der Waals surface area contributed by atoms with Crippen molar-refractivity contribution in [3.63, 3.8) is 0 Å². The molecule has 0 aliphatic carbocycles. The maximum atomic E-state index is 13.8. The first-order valence-electron chi connectivity index (χ1n) is 9.98. The molecule has 3 aromatic carbocycles. The number of hydrogen-bond donors (Lipinski definition) is 0. The summed E-state index contributed by atoms with van der Waals surface area (Å²) in [7, 11) is 0. The number of para-hydroxylation sites is 1. The Bertz CT molecular complexity index is 1110. The summed E-state index contributed by atoms with van der Waals surface area (Å²) in [5.41, 5.74) is 2.68. The fourth-order valence-corrected chi connectivity index (χ4v) is 4.76. The lowest BCUT2D eigenvalue weighted by Gasteiger charge is -2.52. The minimum absolute atomic E-state index is 0.0405. The van der Waals surface area contributed by atoms with E-state index >= 15 is 0 Å².